The van der Waals surface area contributed by atoms with Gasteiger partial charge in [0.2, 0.25) is 0 Å². The average molecular weight is 275 g/mol. The van der Waals surface area contributed by atoms with E-state index >= 15 is 0 Å². The molecule has 0 bridgehead atoms. The smallest absolute Gasteiger partial charge is 0.315 e. The van der Waals surface area contributed by atoms with E-state index in [0.29, 0.717) is 6.61 Å². The molecule has 2 atom stereocenters. The zero-order valence-corrected chi connectivity index (χ0v) is 13.1. The van der Waals surface area contributed by atoms with Gasteiger partial charge in [0.25, 0.3) is 0 Å². The lowest BCUT2D eigenvalue weighted by atomic mass is 9.80. The fourth-order valence-electron chi connectivity index (χ4n) is 2.75. The van der Waals surface area contributed by atoms with Crippen molar-refractivity contribution in [1.29, 1.82) is 0 Å². The molecule has 110 valence electrons. The first-order valence-electron chi connectivity index (χ1n) is 7.38. The van der Waals surface area contributed by atoms with E-state index in [4.69, 9.17) is 4.74 Å². The van der Waals surface area contributed by atoms with Crippen LogP contribution in [0.15, 0.2) is 18.2 Å². The molecule has 0 aromatic heterocycles. The lowest BCUT2D eigenvalue weighted by molar-refractivity contribution is -0.145. The maximum absolute atomic E-state index is 12.2. The number of benzene rings is 1. The van der Waals surface area contributed by atoms with Crippen LogP contribution in [0.4, 0.5) is 0 Å². The zero-order valence-electron chi connectivity index (χ0n) is 13.1. The summed E-state index contributed by atoms with van der Waals surface area (Å²) in [5.74, 6) is -0.329. The standard InChI is InChI=1S/C17H25NO2/c1-6-20-16(19)15-11(2)18-10-12-9-13(17(3,4)5)7-8-14(12)15/h7-9,11,15,18H,6,10H2,1-5H3. The largest absolute Gasteiger partial charge is 0.465 e. The number of rotatable bonds is 2. The van der Waals surface area contributed by atoms with Crippen LogP contribution in [0.3, 0.4) is 0 Å². The second kappa shape index (κ2) is 5.57. The predicted molar refractivity (Wildman–Crippen MR) is 80.8 cm³/mol. The summed E-state index contributed by atoms with van der Waals surface area (Å²) < 4.78 is 5.23. The minimum atomic E-state index is -0.201. The first-order chi connectivity index (χ1) is 9.34. The first-order valence-corrected chi connectivity index (χ1v) is 7.38. The molecule has 0 saturated carbocycles. The highest BCUT2D eigenvalue weighted by Gasteiger charge is 2.33. The maximum atomic E-state index is 12.2. The molecule has 20 heavy (non-hydrogen) atoms. The van der Waals surface area contributed by atoms with Crippen molar-refractivity contribution in [2.45, 2.75) is 58.5 Å². The van der Waals surface area contributed by atoms with Crippen molar-refractivity contribution in [3.63, 3.8) is 0 Å². The topological polar surface area (TPSA) is 38.3 Å². The van der Waals surface area contributed by atoms with Gasteiger partial charge in [0.1, 0.15) is 0 Å². The molecule has 0 fully saturated rings. The van der Waals surface area contributed by atoms with Gasteiger partial charge in [-0.1, -0.05) is 39.0 Å². The zero-order chi connectivity index (χ0) is 14.9. The van der Waals surface area contributed by atoms with Crippen molar-refractivity contribution < 1.29 is 9.53 Å². The van der Waals surface area contributed by atoms with E-state index in [1.807, 2.05) is 13.8 Å². The van der Waals surface area contributed by atoms with Crippen molar-refractivity contribution in [3.8, 4) is 0 Å². The Morgan fingerprint density at radius 1 is 1.40 bits per heavy atom. The SMILES string of the molecule is CCOC(=O)C1c2ccc(C(C)(C)C)cc2CNC1C. The predicted octanol–water partition coefficient (Wildman–Crippen LogP) is 3.12. The fourth-order valence-corrected chi connectivity index (χ4v) is 2.75. The second-order valence-electron chi connectivity index (χ2n) is 6.56. The molecule has 1 heterocycles. The highest BCUT2D eigenvalue weighted by atomic mass is 16.5. The molecule has 1 aromatic carbocycles. The monoisotopic (exact) mass is 275 g/mol. The van der Waals surface area contributed by atoms with E-state index in [2.05, 4.69) is 44.3 Å². The number of fused-ring (bicyclic) bond motifs is 1. The van der Waals surface area contributed by atoms with Gasteiger partial charge in [0.05, 0.1) is 12.5 Å². The van der Waals surface area contributed by atoms with Gasteiger partial charge in [0, 0.05) is 12.6 Å². The highest BCUT2D eigenvalue weighted by molar-refractivity contribution is 5.80. The molecule has 3 nitrogen and oxygen atoms in total. The van der Waals surface area contributed by atoms with Crippen molar-refractivity contribution in [2.75, 3.05) is 6.61 Å². The molecule has 1 aliphatic rings. The Bertz CT molecular complexity index is 502. The molecular weight excluding hydrogens is 250 g/mol. The Labute approximate surface area is 121 Å². The summed E-state index contributed by atoms with van der Waals surface area (Å²) in [4.78, 5) is 12.2. The van der Waals surface area contributed by atoms with Crippen LogP contribution in [-0.4, -0.2) is 18.6 Å². The molecule has 1 aliphatic heterocycles. The lowest BCUT2D eigenvalue weighted by Crippen LogP contribution is -2.41. The summed E-state index contributed by atoms with van der Waals surface area (Å²) in [7, 11) is 0. The van der Waals surface area contributed by atoms with Gasteiger partial charge in [-0.15, -0.1) is 0 Å². The van der Waals surface area contributed by atoms with E-state index in [-0.39, 0.29) is 23.3 Å². The molecule has 0 saturated heterocycles. The molecular formula is C17H25NO2. The van der Waals surface area contributed by atoms with E-state index < -0.39 is 0 Å². The van der Waals surface area contributed by atoms with Gasteiger partial charge in [-0.05, 0) is 36.0 Å². The number of nitrogens with one attached hydrogen (secondary N) is 1. The summed E-state index contributed by atoms with van der Waals surface area (Å²) in [5, 5.41) is 3.41. The van der Waals surface area contributed by atoms with Crippen molar-refractivity contribution >= 4 is 5.97 Å². The fraction of sp³-hybridized carbons (Fsp3) is 0.588. The number of carbonyl (C=O) groups is 1. The highest BCUT2D eigenvalue weighted by Crippen LogP contribution is 2.32. The third kappa shape index (κ3) is 2.88. The number of hydrogen-bond acceptors (Lipinski definition) is 3. The second-order valence-corrected chi connectivity index (χ2v) is 6.56. The molecule has 0 spiro atoms. The Balaban J connectivity index is 2.39. The summed E-state index contributed by atoms with van der Waals surface area (Å²) in [5.41, 5.74) is 3.75. The van der Waals surface area contributed by atoms with Crippen molar-refractivity contribution in [2.24, 2.45) is 0 Å². The van der Waals surface area contributed by atoms with Gasteiger partial charge in [0.15, 0.2) is 0 Å². The van der Waals surface area contributed by atoms with Gasteiger partial charge in [-0.25, -0.2) is 0 Å². The molecule has 2 unspecified atom stereocenters. The summed E-state index contributed by atoms with van der Waals surface area (Å²) in [6.07, 6.45) is 0. The van der Waals surface area contributed by atoms with Crippen LogP contribution >= 0.6 is 0 Å². The van der Waals surface area contributed by atoms with E-state index in [0.717, 1.165) is 12.1 Å². The van der Waals surface area contributed by atoms with Crippen LogP contribution in [0.2, 0.25) is 0 Å². The molecule has 2 rings (SSSR count). The van der Waals surface area contributed by atoms with Gasteiger partial charge in [-0.2, -0.15) is 0 Å². The van der Waals surface area contributed by atoms with Crippen LogP contribution in [0.1, 0.15) is 57.2 Å². The van der Waals surface area contributed by atoms with Crippen LogP contribution in [0, 0.1) is 0 Å². The van der Waals surface area contributed by atoms with Crippen LogP contribution in [-0.2, 0) is 21.5 Å². The third-order valence-corrected chi connectivity index (χ3v) is 4.00. The molecule has 0 aliphatic carbocycles. The minimum absolute atomic E-state index is 0.113. The number of esters is 1. The van der Waals surface area contributed by atoms with Crippen molar-refractivity contribution in [3.05, 3.63) is 34.9 Å². The van der Waals surface area contributed by atoms with E-state index in [9.17, 15) is 4.79 Å². The molecule has 1 aromatic rings. The number of carbonyl (C=O) groups excluding carboxylic acids is 1. The number of ether oxygens (including phenoxy) is 1. The lowest BCUT2D eigenvalue weighted by Gasteiger charge is -2.32. The summed E-state index contributed by atoms with van der Waals surface area (Å²) in [6, 6.07) is 6.58. The Hall–Kier alpha value is -1.35. The average Bonchev–Trinajstić information content (AvgIpc) is 2.37. The normalized spacial score (nSPS) is 22.2. The quantitative estimate of drug-likeness (QED) is 0.843. The molecule has 1 N–H and O–H groups in total. The van der Waals surface area contributed by atoms with Crippen molar-refractivity contribution in [1.82, 2.24) is 5.32 Å². The van der Waals surface area contributed by atoms with Gasteiger partial charge >= 0.3 is 5.97 Å². The number of hydrogen-bond donors (Lipinski definition) is 1. The Morgan fingerprint density at radius 3 is 2.70 bits per heavy atom. The Kier molecular flexibility index (Phi) is 4.19. The van der Waals surface area contributed by atoms with Gasteiger partial charge < -0.3 is 10.1 Å². The van der Waals surface area contributed by atoms with E-state index in [1.54, 1.807) is 0 Å². The first kappa shape index (κ1) is 15.0. The van der Waals surface area contributed by atoms with Gasteiger partial charge in [-0.3, -0.25) is 4.79 Å². The maximum Gasteiger partial charge on any atom is 0.315 e. The van der Waals surface area contributed by atoms with Crippen LogP contribution < -0.4 is 5.32 Å². The minimum Gasteiger partial charge on any atom is -0.465 e. The van der Waals surface area contributed by atoms with Crippen LogP contribution in [0.25, 0.3) is 0 Å². The van der Waals surface area contributed by atoms with E-state index in [1.165, 1.54) is 11.1 Å². The van der Waals surface area contributed by atoms with Crippen LogP contribution in [0.5, 0.6) is 0 Å². The molecule has 0 amide bonds. The molecule has 0 radical (unpaired) electrons. The summed E-state index contributed by atoms with van der Waals surface area (Å²) >= 11 is 0. The molecule has 3 heteroatoms. The Morgan fingerprint density at radius 2 is 2.10 bits per heavy atom. The third-order valence-electron chi connectivity index (χ3n) is 4.00. The summed E-state index contributed by atoms with van der Waals surface area (Å²) in [6.45, 7) is 11.8.